The highest BCUT2D eigenvalue weighted by atomic mass is 16.5. The third-order valence-corrected chi connectivity index (χ3v) is 2.23. The molecule has 0 aromatic heterocycles. The van der Waals surface area contributed by atoms with Gasteiger partial charge in [0.05, 0.1) is 0 Å². The Labute approximate surface area is 76.3 Å². The highest BCUT2D eigenvalue weighted by Gasteiger charge is 2.33. The number of nitrogens with zero attached hydrogens (tertiary/aromatic N) is 2. The van der Waals surface area contributed by atoms with E-state index in [1.807, 2.05) is 35.1 Å². The van der Waals surface area contributed by atoms with Gasteiger partial charge < -0.3 is 4.74 Å². The SMILES string of the molecule is CCOC(CC)(N(C)C)N(C)C. The second-order valence-corrected chi connectivity index (χ2v) is 3.32. The van der Waals surface area contributed by atoms with Crippen molar-refractivity contribution in [1.82, 2.24) is 9.80 Å². The van der Waals surface area contributed by atoms with E-state index in [9.17, 15) is 0 Å². The maximum Gasteiger partial charge on any atom is 0.178 e. The minimum atomic E-state index is -0.241. The molecule has 0 aromatic rings. The van der Waals surface area contributed by atoms with Crippen LogP contribution >= 0.6 is 0 Å². The predicted molar refractivity (Wildman–Crippen MR) is 52.0 cm³/mol. The summed E-state index contributed by atoms with van der Waals surface area (Å²) in [6.07, 6.45) is 0.959. The van der Waals surface area contributed by atoms with Crippen LogP contribution in [-0.4, -0.2) is 50.4 Å². The zero-order chi connectivity index (χ0) is 9.78. The lowest BCUT2D eigenvalue weighted by Gasteiger charge is -2.43. The zero-order valence-corrected chi connectivity index (χ0v) is 9.22. The lowest BCUT2D eigenvalue weighted by atomic mass is 10.2. The average Bonchev–Trinajstić information content (AvgIpc) is 1.98. The van der Waals surface area contributed by atoms with E-state index in [4.69, 9.17) is 4.74 Å². The molecule has 0 atom stereocenters. The molecule has 0 aliphatic heterocycles. The molecule has 0 amide bonds. The van der Waals surface area contributed by atoms with Crippen LogP contribution in [0.2, 0.25) is 0 Å². The molecule has 74 valence electrons. The summed E-state index contributed by atoms with van der Waals surface area (Å²) in [5.41, 5.74) is 0. The summed E-state index contributed by atoms with van der Waals surface area (Å²) >= 11 is 0. The molecule has 0 saturated carbocycles. The molecule has 0 radical (unpaired) electrons. The molecule has 0 aliphatic rings. The fourth-order valence-corrected chi connectivity index (χ4v) is 1.62. The van der Waals surface area contributed by atoms with Crippen molar-refractivity contribution < 1.29 is 4.74 Å². The van der Waals surface area contributed by atoms with Gasteiger partial charge in [0, 0.05) is 13.0 Å². The van der Waals surface area contributed by atoms with E-state index < -0.39 is 0 Å². The summed E-state index contributed by atoms with van der Waals surface area (Å²) < 4.78 is 5.75. The van der Waals surface area contributed by atoms with Gasteiger partial charge >= 0.3 is 0 Å². The quantitative estimate of drug-likeness (QED) is 0.583. The van der Waals surface area contributed by atoms with Crippen LogP contribution in [0.5, 0.6) is 0 Å². The van der Waals surface area contributed by atoms with Gasteiger partial charge in [-0.3, -0.25) is 9.80 Å². The fourth-order valence-electron chi connectivity index (χ4n) is 1.62. The Balaban J connectivity index is 4.51. The van der Waals surface area contributed by atoms with Crippen molar-refractivity contribution in [3.63, 3.8) is 0 Å². The van der Waals surface area contributed by atoms with Gasteiger partial charge in [-0.25, -0.2) is 0 Å². The van der Waals surface area contributed by atoms with Gasteiger partial charge in [-0.15, -0.1) is 0 Å². The van der Waals surface area contributed by atoms with Crippen LogP contribution in [0.4, 0.5) is 0 Å². The van der Waals surface area contributed by atoms with Crippen molar-refractivity contribution in [1.29, 1.82) is 0 Å². The second-order valence-electron chi connectivity index (χ2n) is 3.32. The van der Waals surface area contributed by atoms with Crippen molar-refractivity contribution in [2.75, 3.05) is 34.8 Å². The van der Waals surface area contributed by atoms with Crippen molar-refractivity contribution in [2.45, 2.75) is 26.1 Å². The minimum absolute atomic E-state index is 0.241. The first-order valence-electron chi connectivity index (χ1n) is 4.50. The molecular weight excluding hydrogens is 152 g/mol. The number of hydrogen-bond donors (Lipinski definition) is 0. The Bertz CT molecular complexity index is 116. The Hall–Kier alpha value is -0.120. The molecule has 0 aromatic carbocycles. The minimum Gasteiger partial charge on any atom is -0.347 e. The van der Waals surface area contributed by atoms with Crippen molar-refractivity contribution >= 4 is 0 Å². The fraction of sp³-hybridized carbons (Fsp3) is 1.00. The zero-order valence-electron chi connectivity index (χ0n) is 9.22. The third-order valence-electron chi connectivity index (χ3n) is 2.23. The van der Waals surface area contributed by atoms with Crippen molar-refractivity contribution in [2.24, 2.45) is 0 Å². The number of hydrogen-bond acceptors (Lipinski definition) is 3. The van der Waals surface area contributed by atoms with Gasteiger partial charge in [0.15, 0.2) is 5.85 Å². The lowest BCUT2D eigenvalue weighted by molar-refractivity contribution is -0.219. The Kier molecular flexibility index (Phi) is 4.75. The van der Waals surface area contributed by atoms with Crippen LogP contribution in [-0.2, 0) is 4.74 Å². The van der Waals surface area contributed by atoms with E-state index in [1.54, 1.807) is 0 Å². The van der Waals surface area contributed by atoms with E-state index >= 15 is 0 Å². The number of ether oxygens (including phenoxy) is 1. The first-order valence-corrected chi connectivity index (χ1v) is 4.50. The summed E-state index contributed by atoms with van der Waals surface area (Å²) in [5.74, 6) is -0.241. The molecule has 0 aliphatic carbocycles. The van der Waals surface area contributed by atoms with E-state index in [-0.39, 0.29) is 5.85 Å². The molecule has 0 rings (SSSR count). The standard InChI is InChI=1S/C9H22N2O/c1-7-9(10(3)4,11(5)6)12-8-2/h7-8H2,1-6H3. The predicted octanol–water partition coefficient (Wildman–Crippen LogP) is 1.21. The van der Waals surface area contributed by atoms with Crippen LogP contribution in [0, 0.1) is 0 Å². The van der Waals surface area contributed by atoms with Crippen LogP contribution in [0.25, 0.3) is 0 Å². The summed E-state index contributed by atoms with van der Waals surface area (Å²) in [4.78, 5) is 4.22. The highest BCUT2D eigenvalue weighted by Crippen LogP contribution is 2.20. The van der Waals surface area contributed by atoms with Crippen LogP contribution in [0.3, 0.4) is 0 Å². The highest BCUT2D eigenvalue weighted by molar-refractivity contribution is 4.72. The van der Waals surface area contributed by atoms with E-state index in [2.05, 4.69) is 16.7 Å². The molecule has 0 fully saturated rings. The Morgan fingerprint density at radius 1 is 1.00 bits per heavy atom. The van der Waals surface area contributed by atoms with Crippen molar-refractivity contribution in [3.8, 4) is 0 Å². The summed E-state index contributed by atoms with van der Waals surface area (Å²) in [6.45, 7) is 4.90. The van der Waals surface area contributed by atoms with Gasteiger partial charge in [-0.2, -0.15) is 0 Å². The summed E-state index contributed by atoms with van der Waals surface area (Å²) in [6, 6.07) is 0. The summed E-state index contributed by atoms with van der Waals surface area (Å²) in [5, 5.41) is 0. The topological polar surface area (TPSA) is 15.7 Å². The molecule has 12 heavy (non-hydrogen) atoms. The van der Waals surface area contributed by atoms with Gasteiger partial charge in [0.1, 0.15) is 0 Å². The first kappa shape index (κ1) is 11.9. The Morgan fingerprint density at radius 2 is 1.42 bits per heavy atom. The number of rotatable bonds is 5. The molecule has 0 unspecified atom stereocenters. The molecule has 0 spiro atoms. The smallest absolute Gasteiger partial charge is 0.178 e. The second kappa shape index (κ2) is 4.80. The molecular formula is C9H22N2O. The average molecular weight is 174 g/mol. The van der Waals surface area contributed by atoms with Crippen LogP contribution < -0.4 is 0 Å². The van der Waals surface area contributed by atoms with Gasteiger partial charge in [0.25, 0.3) is 0 Å². The van der Waals surface area contributed by atoms with Gasteiger partial charge in [-0.1, -0.05) is 6.92 Å². The van der Waals surface area contributed by atoms with E-state index in [1.165, 1.54) is 0 Å². The maximum atomic E-state index is 5.75. The molecule has 0 saturated heterocycles. The van der Waals surface area contributed by atoms with Crippen LogP contribution in [0.1, 0.15) is 20.3 Å². The monoisotopic (exact) mass is 174 g/mol. The van der Waals surface area contributed by atoms with Crippen LogP contribution in [0.15, 0.2) is 0 Å². The van der Waals surface area contributed by atoms with Gasteiger partial charge in [0.2, 0.25) is 0 Å². The largest absolute Gasteiger partial charge is 0.347 e. The third kappa shape index (κ3) is 2.19. The molecule has 3 nitrogen and oxygen atoms in total. The first-order chi connectivity index (χ1) is 5.51. The molecule has 0 N–H and O–H groups in total. The van der Waals surface area contributed by atoms with Gasteiger partial charge in [-0.05, 0) is 35.1 Å². The maximum absolute atomic E-state index is 5.75. The van der Waals surface area contributed by atoms with E-state index in [0.29, 0.717) is 0 Å². The van der Waals surface area contributed by atoms with E-state index in [0.717, 1.165) is 13.0 Å². The lowest BCUT2D eigenvalue weighted by Crippen LogP contribution is -2.56. The molecule has 0 heterocycles. The van der Waals surface area contributed by atoms with Crippen molar-refractivity contribution in [3.05, 3.63) is 0 Å². The summed E-state index contributed by atoms with van der Waals surface area (Å²) in [7, 11) is 8.16. The molecule has 3 heteroatoms. The molecule has 0 bridgehead atoms. The normalized spacial score (nSPS) is 13.0. The Morgan fingerprint density at radius 3 is 1.50 bits per heavy atom.